The number of carbonyl (C=O) groups excluding carboxylic acids is 1. The van der Waals surface area contributed by atoms with Gasteiger partial charge in [-0.3, -0.25) is 4.90 Å². The van der Waals surface area contributed by atoms with Crippen molar-refractivity contribution < 1.29 is 22.3 Å². The molecule has 2 aromatic rings. The molecule has 2 unspecified atom stereocenters. The number of nitrogens with zero attached hydrogens (tertiary/aromatic N) is 2. The van der Waals surface area contributed by atoms with Crippen LogP contribution in [0.1, 0.15) is 12.5 Å². The summed E-state index contributed by atoms with van der Waals surface area (Å²) in [5, 5.41) is 0. The predicted molar refractivity (Wildman–Crippen MR) is 104 cm³/mol. The minimum Gasteiger partial charge on any atom is -0.494 e. The van der Waals surface area contributed by atoms with Crippen molar-refractivity contribution in [1.82, 2.24) is 4.90 Å². The minimum atomic E-state index is -3.24. The number of fused-ring (bicyclic) bond motifs is 1. The summed E-state index contributed by atoms with van der Waals surface area (Å²) in [6.07, 6.45) is 0. The van der Waals surface area contributed by atoms with Gasteiger partial charge in [-0.25, -0.2) is 17.6 Å². The Balaban J connectivity index is 1.65. The van der Waals surface area contributed by atoms with E-state index in [0.717, 1.165) is 5.56 Å². The quantitative estimate of drug-likeness (QED) is 0.719. The average Bonchev–Trinajstić information content (AvgIpc) is 3.09. The summed E-state index contributed by atoms with van der Waals surface area (Å²) in [4.78, 5) is 16.3. The summed E-state index contributed by atoms with van der Waals surface area (Å²) in [6.45, 7) is 2.67. The van der Waals surface area contributed by atoms with Gasteiger partial charge in [0.05, 0.1) is 30.2 Å². The molecule has 2 atom stereocenters. The van der Waals surface area contributed by atoms with Crippen molar-refractivity contribution in [1.29, 1.82) is 0 Å². The third kappa shape index (κ3) is 3.44. The molecular formula is C20H21FN2O4S. The molecule has 0 radical (unpaired) electrons. The summed E-state index contributed by atoms with van der Waals surface area (Å²) in [5.74, 6) is 0.222. The number of urea groups is 1. The number of rotatable bonds is 5. The molecule has 2 amide bonds. The molecule has 0 N–H and O–H groups in total. The molecule has 2 saturated heterocycles. The first-order valence-corrected chi connectivity index (χ1v) is 11.0. The van der Waals surface area contributed by atoms with Crippen molar-refractivity contribution in [3.63, 3.8) is 0 Å². The van der Waals surface area contributed by atoms with Gasteiger partial charge in [-0.15, -0.1) is 0 Å². The normalized spacial score (nSPS) is 23.1. The highest BCUT2D eigenvalue weighted by Crippen LogP contribution is 2.36. The Hall–Kier alpha value is -2.61. The number of halogens is 1. The zero-order chi connectivity index (χ0) is 19.9. The van der Waals surface area contributed by atoms with Crippen LogP contribution >= 0.6 is 0 Å². The van der Waals surface area contributed by atoms with Gasteiger partial charge in [-0.1, -0.05) is 12.1 Å². The highest BCUT2D eigenvalue weighted by molar-refractivity contribution is 7.91. The van der Waals surface area contributed by atoms with Crippen LogP contribution in [0.5, 0.6) is 5.75 Å². The number of carbonyl (C=O) groups is 1. The number of amides is 2. The Bertz CT molecular complexity index is 976. The van der Waals surface area contributed by atoms with E-state index in [9.17, 15) is 17.6 Å². The smallest absolute Gasteiger partial charge is 0.325 e. The fraction of sp³-hybridized carbons (Fsp3) is 0.350. The Kier molecular flexibility index (Phi) is 4.74. The Morgan fingerprint density at radius 3 is 2.32 bits per heavy atom. The number of anilines is 1. The monoisotopic (exact) mass is 404 g/mol. The van der Waals surface area contributed by atoms with E-state index < -0.39 is 21.9 Å². The van der Waals surface area contributed by atoms with Crippen molar-refractivity contribution in [2.24, 2.45) is 0 Å². The molecule has 2 aromatic carbocycles. The second kappa shape index (κ2) is 7.09. The van der Waals surface area contributed by atoms with E-state index in [4.69, 9.17) is 4.74 Å². The van der Waals surface area contributed by atoms with Gasteiger partial charge in [0.1, 0.15) is 11.6 Å². The lowest BCUT2D eigenvalue weighted by atomic mass is 10.1. The summed E-state index contributed by atoms with van der Waals surface area (Å²) in [5.41, 5.74) is 1.40. The zero-order valence-electron chi connectivity index (χ0n) is 15.4. The van der Waals surface area contributed by atoms with Crippen molar-refractivity contribution in [3.8, 4) is 5.75 Å². The third-order valence-electron chi connectivity index (χ3n) is 5.17. The first-order chi connectivity index (χ1) is 13.4. The number of hydrogen-bond donors (Lipinski definition) is 0. The van der Waals surface area contributed by atoms with Crippen LogP contribution in [0, 0.1) is 5.82 Å². The van der Waals surface area contributed by atoms with E-state index in [1.807, 2.05) is 6.92 Å². The van der Waals surface area contributed by atoms with Crippen LogP contribution in [0.2, 0.25) is 0 Å². The van der Waals surface area contributed by atoms with Crippen LogP contribution in [0.4, 0.5) is 14.9 Å². The van der Waals surface area contributed by atoms with Crippen LogP contribution in [-0.4, -0.2) is 49.5 Å². The summed E-state index contributed by atoms with van der Waals surface area (Å²) in [7, 11) is -3.24. The van der Waals surface area contributed by atoms with Gasteiger partial charge >= 0.3 is 6.03 Å². The summed E-state index contributed by atoms with van der Waals surface area (Å²) < 4.78 is 43.2. The van der Waals surface area contributed by atoms with Gasteiger partial charge in [0.2, 0.25) is 0 Å². The minimum absolute atomic E-state index is 0.0574. The molecule has 0 aromatic heterocycles. The van der Waals surface area contributed by atoms with Crippen LogP contribution in [0.3, 0.4) is 0 Å². The molecule has 2 heterocycles. The molecule has 2 aliphatic rings. The maximum absolute atomic E-state index is 13.2. The van der Waals surface area contributed by atoms with Crippen LogP contribution in [-0.2, 0) is 16.4 Å². The molecule has 0 saturated carbocycles. The average molecular weight is 404 g/mol. The van der Waals surface area contributed by atoms with Crippen LogP contribution in [0.15, 0.2) is 48.5 Å². The van der Waals surface area contributed by atoms with Crippen molar-refractivity contribution in [2.75, 3.05) is 23.0 Å². The van der Waals surface area contributed by atoms with Gasteiger partial charge in [-0.2, -0.15) is 0 Å². The largest absolute Gasteiger partial charge is 0.494 e. The number of hydrogen-bond acceptors (Lipinski definition) is 4. The Morgan fingerprint density at radius 1 is 1.04 bits per heavy atom. The van der Waals surface area contributed by atoms with Gasteiger partial charge in [0.25, 0.3) is 0 Å². The Morgan fingerprint density at radius 2 is 1.68 bits per heavy atom. The SMILES string of the molecule is CCOc1ccc(N2C(=O)N(Cc3ccc(F)cc3)C3CS(=O)(=O)CC32)cc1. The molecule has 0 bridgehead atoms. The highest BCUT2D eigenvalue weighted by Gasteiger charge is 2.53. The molecule has 28 heavy (non-hydrogen) atoms. The first-order valence-electron chi connectivity index (χ1n) is 9.15. The molecular weight excluding hydrogens is 383 g/mol. The Labute approximate surface area is 163 Å². The summed E-state index contributed by atoms with van der Waals surface area (Å²) >= 11 is 0. The lowest BCUT2D eigenvalue weighted by Crippen LogP contribution is -2.37. The maximum Gasteiger partial charge on any atom is 0.325 e. The second-order valence-corrected chi connectivity index (χ2v) is 9.20. The lowest BCUT2D eigenvalue weighted by Gasteiger charge is -2.23. The topological polar surface area (TPSA) is 66.9 Å². The van der Waals surface area contributed by atoms with Crippen molar-refractivity contribution >= 4 is 21.6 Å². The van der Waals surface area contributed by atoms with Crippen LogP contribution in [0.25, 0.3) is 0 Å². The molecule has 4 rings (SSSR count). The maximum atomic E-state index is 13.2. The second-order valence-electron chi connectivity index (χ2n) is 7.05. The van der Waals surface area contributed by atoms with Gasteiger partial charge in [0.15, 0.2) is 9.84 Å². The lowest BCUT2D eigenvalue weighted by molar-refractivity contribution is 0.206. The van der Waals surface area contributed by atoms with Crippen molar-refractivity contribution in [2.45, 2.75) is 25.6 Å². The number of ether oxygens (including phenoxy) is 1. The third-order valence-corrected chi connectivity index (χ3v) is 6.87. The van der Waals surface area contributed by atoms with E-state index in [1.165, 1.54) is 12.1 Å². The molecule has 6 nitrogen and oxygen atoms in total. The molecule has 148 valence electrons. The first kappa shape index (κ1) is 18.7. The van der Waals surface area contributed by atoms with E-state index in [1.54, 1.807) is 46.2 Å². The number of sulfone groups is 1. The van der Waals surface area contributed by atoms with Gasteiger partial charge < -0.3 is 9.64 Å². The van der Waals surface area contributed by atoms with E-state index in [-0.39, 0.29) is 29.9 Å². The van der Waals surface area contributed by atoms with Crippen LogP contribution < -0.4 is 9.64 Å². The molecule has 2 fully saturated rings. The van der Waals surface area contributed by atoms with E-state index >= 15 is 0 Å². The molecule has 0 spiro atoms. The predicted octanol–water partition coefficient (Wildman–Crippen LogP) is 2.83. The molecule has 0 aliphatic carbocycles. The fourth-order valence-electron chi connectivity index (χ4n) is 3.92. The molecule has 8 heteroatoms. The van der Waals surface area contributed by atoms with Gasteiger partial charge in [0, 0.05) is 12.2 Å². The van der Waals surface area contributed by atoms with E-state index in [0.29, 0.717) is 18.0 Å². The fourth-order valence-corrected chi connectivity index (χ4v) is 5.87. The van der Waals surface area contributed by atoms with Gasteiger partial charge in [-0.05, 0) is 48.9 Å². The number of benzene rings is 2. The van der Waals surface area contributed by atoms with Crippen molar-refractivity contribution in [3.05, 3.63) is 59.9 Å². The molecule has 2 aliphatic heterocycles. The van der Waals surface area contributed by atoms with E-state index in [2.05, 4.69) is 0 Å². The highest BCUT2D eigenvalue weighted by atomic mass is 32.2. The standard InChI is InChI=1S/C20H21FN2O4S/c1-2-27-17-9-7-16(8-10-17)23-19-13-28(25,26)12-18(19)22(20(23)24)11-14-3-5-15(21)6-4-14/h3-10,18-19H,2,11-13H2,1H3. The zero-order valence-corrected chi connectivity index (χ0v) is 16.2. The summed E-state index contributed by atoms with van der Waals surface area (Å²) in [6, 6.07) is 11.9.